The van der Waals surface area contributed by atoms with Gasteiger partial charge in [-0.25, -0.2) is 0 Å². The molecule has 0 aliphatic carbocycles. The Kier molecular flexibility index (Phi) is 7.33. The van der Waals surface area contributed by atoms with E-state index >= 15 is 0 Å². The normalized spacial score (nSPS) is 16.0. The molecule has 134 valence electrons. The van der Waals surface area contributed by atoms with Crippen LogP contribution in [0.2, 0.25) is 5.02 Å². The largest absolute Gasteiger partial charge is 0.349 e. The zero-order chi connectivity index (χ0) is 17.7. The van der Waals surface area contributed by atoms with Crippen LogP contribution in [0.4, 0.5) is 5.69 Å². The standard InChI is InChI=1S/C19H30ClN3S/c1-14(2)8-11-22(4)16-9-12-23(13-10-16)19(24)21-18-7-5-6-17(20)15(18)3/h5-7,14,16H,8-13H2,1-4H3,(H,21,24). The summed E-state index contributed by atoms with van der Waals surface area (Å²) in [5.41, 5.74) is 2.05. The van der Waals surface area contributed by atoms with Crippen LogP contribution in [0, 0.1) is 12.8 Å². The van der Waals surface area contributed by atoms with Crippen molar-refractivity contribution in [2.45, 2.75) is 46.1 Å². The van der Waals surface area contributed by atoms with Gasteiger partial charge in [-0.1, -0.05) is 31.5 Å². The second-order valence-electron chi connectivity index (χ2n) is 7.22. The Morgan fingerprint density at radius 1 is 1.38 bits per heavy atom. The van der Waals surface area contributed by atoms with Gasteiger partial charge in [-0.05, 0) is 75.6 Å². The fourth-order valence-corrected chi connectivity index (χ4v) is 3.56. The van der Waals surface area contributed by atoms with E-state index in [1.165, 1.54) is 25.8 Å². The van der Waals surface area contributed by atoms with Crippen LogP contribution in [0.1, 0.15) is 38.7 Å². The minimum Gasteiger partial charge on any atom is -0.349 e. The number of thiocarbonyl (C=S) groups is 1. The second kappa shape index (κ2) is 9.02. The first-order valence-electron chi connectivity index (χ1n) is 8.89. The fourth-order valence-electron chi connectivity index (χ4n) is 3.09. The Balaban J connectivity index is 1.83. The van der Waals surface area contributed by atoms with Crippen molar-refractivity contribution in [1.82, 2.24) is 9.80 Å². The molecule has 1 aliphatic rings. The molecule has 2 rings (SSSR count). The van der Waals surface area contributed by atoms with Gasteiger partial charge in [0.05, 0.1) is 0 Å². The molecule has 0 atom stereocenters. The Labute approximate surface area is 157 Å². The Hall–Kier alpha value is -0.840. The zero-order valence-corrected chi connectivity index (χ0v) is 16.9. The van der Waals surface area contributed by atoms with Gasteiger partial charge in [0, 0.05) is 29.8 Å². The number of nitrogens with zero attached hydrogens (tertiary/aromatic N) is 2. The third-order valence-corrected chi connectivity index (χ3v) is 5.71. The van der Waals surface area contributed by atoms with E-state index in [1.54, 1.807) is 0 Å². The smallest absolute Gasteiger partial charge is 0.173 e. The van der Waals surface area contributed by atoms with Crippen LogP contribution in [0.3, 0.4) is 0 Å². The topological polar surface area (TPSA) is 18.5 Å². The number of hydrogen-bond acceptors (Lipinski definition) is 2. The van der Waals surface area contributed by atoms with E-state index in [-0.39, 0.29) is 0 Å². The lowest BCUT2D eigenvalue weighted by atomic mass is 10.0. The number of rotatable bonds is 5. The summed E-state index contributed by atoms with van der Waals surface area (Å²) in [5, 5.41) is 4.94. The van der Waals surface area contributed by atoms with Crippen molar-refractivity contribution < 1.29 is 0 Å². The van der Waals surface area contributed by atoms with Gasteiger partial charge in [0.25, 0.3) is 0 Å². The van der Waals surface area contributed by atoms with Crippen molar-refractivity contribution >= 4 is 34.6 Å². The number of piperidine rings is 1. The van der Waals surface area contributed by atoms with Crippen molar-refractivity contribution in [2.75, 3.05) is 32.0 Å². The van der Waals surface area contributed by atoms with Gasteiger partial charge in [-0.2, -0.15) is 0 Å². The molecule has 5 heteroatoms. The van der Waals surface area contributed by atoms with E-state index in [0.717, 1.165) is 40.4 Å². The zero-order valence-electron chi connectivity index (χ0n) is 15.3. The Morgan fingerprint density at radius 2 is 2.04 bits per heavy atom. The fraction of sp³-hybridized carbons (Fsp3) is 0.632. The molecule has 1 aromatic carbocycles. The molecule has 3 nitrogen and oxygen atoms in total. The molecule has 0 radical (unpaired) electrons. The minimum absolute atomic E-state index is 0.677. The predicted octanol–water partition coefficient (Wildman–Crippen LogP) is 4.79. The van der Waals surface area contributed by atoms with E-state index in [0.29, 0.717) is 6.04 Å². The summed E-state index contributed by atoms with van der Waals surface area (Å²) >= 11 is 11.8. The molecule has 24 heavy (non-hydrogen) atoms. The molecule has 0 unspecified atom stereocenters. The maximum atomic E-state index is 6.19. The van der Waals surface area contributed by atoms with Crippen LogP contribution in [0.5, 0.6) is 0 Å². The predicted molar refractivity (Wildman–Crippen MR) is 109 cm³/mol. The molecule has 0 amide bonds. The van der Waals surface area contributed by atoms with Crippen LogP contribution in [-0.4, -0.2) is 47.6 Å². The van der Waals surface area contributed by atoms with Gasteiger partial charge in [0.1, 0.15) is 0 Å². The third-order valence-electron chi connectivity index (χ3n) is 4.94. The Bertz CT molecular complexity index is 554. The van der Waals surface area contributed by atoms with Gasteiger partial charge >= 0.3 is 0 Å². The molecule has 0 spiro atoms. The van der Waals surface area contributed by atoms with E-state index in [1.807, 2.05) is 25.1 Å². The number of benzene rings is 1. The molecule has 1 N–H and O–H groups in total. The van der Waals surface area contributed by atoms with E-state index in [2.05, 4.69) is 36.0 Å². The summed E-state index contributed by atoms with van der Waals surface area (Å²) in [6.07, 6.45) is 3.61. The van der Waals surface area contributed by atoms with Crippen molar-refractivity contribution in [3.63, 3.8) is 0 Å². The average molecular weight is 368 g/mol. The first kappa shape index (κ1) is 19.5. The highest BCUT2D eigenvalue weighted by Gasteiger charge is 2.24. The summed E-state index contributed by atoms with van der Waals surface area (Å²) < 4.78 is 0. The number of likely N-dealkylation sites (tertiary alicyclic amines) is 1. The molecular weight excluding hydrogens is 338 g/mol. The first-order valence-corrected chi connectivity index (χ1v) is 9.68. The monoisotopic (exact) mass is 367 g/mol. The molecule has 1 aromatic rings. The molecule has 0 bridgehead atoms. The second-order valence-corrected chi connectivity index (χ2v) is 8.02. The van der Waals surface area contributed by atoms with Gasteiger partial charge in [-0.3, -0.25) is 0 Å². The lowest BCUT2D eigenvalue weighted by Crippen LogP contribution is -2.47. The van der Waals surface area contributed by atoms with Crippen molar-refractivity contribution in [3.8, 4) is 0 Å². The number of nitrogens with one attached hydrogen (secondary N) is 1. The summed E-state index contributed by atoms with van der Waals surface area (Å²) in [7, 11) is 2.26. The molecule has 1 saturated heterocycles. The van der Waals surface area contributed by atoms with Gasteiger partial charge in [0.15, 0.2) is 5.11 Å². The van der Waals surface area contributed by atoms with Gasteiger partial charge < -0.3 is 15.1 Å². The highest BCUT2D eigenvalue weighted by Crippen LogP contribution is 2.24. The van der Waals surface area contributed by atoms with Crippen LogP contribution >= 0.6 is 23.8 Å². The first-order chi connectivity index (χ1) is 11.4. The van der Waals surface area contributed by atoms with Crippen LogP contribution in [0.25, 0.3) is 0 Å². The lowest BCUT2D eigenvalue weighted by Gasteiger charge is -2.38. The number of halogens is 1. The summed E-state index contributed by atoms with van der Waals surface area (Å²) in [6.45, 7) is 9.82. The van der Waals surface area contributed by atoms with Crippen LogP contribution in [0.15, 0.2) is 18.2 Å². The highest BCUT2D eigenvalue weighted by atomic mass is 35.5. The van der Waals surface area contributed by atoms with Crippen molar-refractivity contribution in [1.29, 1.82) is 0 Å². The summed E-state index contributed by atoms with van der Waals surface area (Å²) in [4.78, 5) is 4.80. The average Bonchev–Trinajstić information content (AvgIpc) is 2.57. The molecule has 1 fully saturated rings. The Morgan fingerprint density at radius 3 is 2.67 bits per heavy atom. The molecule has 0 aromatic heterocycles. The SMILES string of the molecule is Cc1c(Cl)cccc1NC(=S)N1CCC(N(C)CCC(C)C)CC1. The molecule has 1 heterocycles. The van der Waals surface area contributed by atoms with Crippen molar-refractivity contribution in [3.05, 3.63) is 28.8 Å². The van der Waals surface area contributed by atoms with E-state index in [9.17, 15) is 0 Å². The van der Waals surface area contributed by atoms with E-state index < -0.39 is 0 Å². The summed E-state index contributed by atoms with van der Waals surface area (Å²) in [6, 6.07) is 6.57. The maximum absolute atomic E-state index is 6.19. The van der Waals surface area contributed by atoms with Crippen molar-refractivity contribution in [2.24, 2.45) is 5.92 Å². The number of anilines is 1. The molecule has 1 aliphatic heterocycles. The highest BCUT2D eigenvalue weighted by molar-refractivity contribution is 7.80. The van der Waals surface area contributed by atoms with Crippen LogP contribution < -0.4 is 5.32 Å². The third kappa shape index (κ3) is 5.33. The van der Waals surface area contributed by atoms with Crippen LogP contribution in [-0.2, 0) is 0 Å². The van der Waals surface area contributed by atoms with Gasteiger partial charge in [0.2, 0.25) is 0 Å². The molecular formula is C19H30ClN3S. The maximum Gasteiger partial charge on any atom is 0.173 e. The quantitative estimate of drug-likeness (QED) is 0.754. The minimum atomic E-state index is 0.677. The van der Waals surface area contributed by atoms with Gasteiger partial charge in [-0.15, -0.1) is 0 Å². The molecule has 0 saturated carbocycles. The van der Waals surface area contributed by atoms with E-state index in [4.69, 9.17) is 23.8 Å². The lowest BCUT2D eigenvalue weighted by molar-refractivity contribution is 0.159. The summed E-state index contributed by atoms with van der Waals surface area (Å²) in [5.74, 6) is 0.769. The number of hydrogen-bond donors (Lipinski definition) is 1.